The summed E-state index contributed by atoms with van der Waals surface area (Å²) in [5.74, 6) is -7.57. The van der Waals surface area contributed by atoms with Gasteiger partial charge in [-0.1, -0.05) is 13.8 Å². The summed E-state index contributed by atoms with van der Waals surface area (Å²) < 4.78 is 9.75. The molecule has 0 aliphatic carbocycles. The number of aliphatic carboxylic acids is 2. The van der Waals surface area contributed by atoms with Gasteiger partial charge in [0, 0.05) is 0 Å². The van der Waals surface area contributed by atoms with Crippen molar-refractivity contribution < 1.29 is 38.9 Å². The van der Waals surface area contributed by atoms with E-state index in [1.54, 1.807) is 13.8 Å². The fourth-order valence-electron chi connectivity index (χ4n) is 1.96. The molecular formula is C16H24O8. The summed E-state index contributed by atoms with van der Waals surface area (Å²) in [6.45, 7) is 6.17. The first-order valence-electron chi connectivity index (χ1n) is 7.72. The lowest BCUT2D eigenvalue weighted by Gasteiger charge is -2.18. The van der Waals surface area contributed by atoms with Gasteiger partial charge in [0.1, 0.15) is 0 Å². The molecule has 0 saturated carbocycles. The van der Waals surface area contributed by atoms with Crippen molar-refractivity contribution in [2.24, 2.45) is 11.8 Å². The molecule has 2 unspecified atom stereocenters. The highest BCUT2D eigenvalue weighted by molar-refractivity contribution is 6.05. The molecule has 8 heteroatoms. The highest BCUT2D eigenvalue weighted by Gasteiger charge is 2.36. The Morgan fingerprint density at radius 3 is 1.25 bits per heavy atom. The Morgan fingerprint density at radius 2 is 1.04 bits per heavy atom. The van der Waals surface area contributed by atoms with Crippen molar-refractivity contribution in [3.8, 4) is 0 Å². The maximum absolute atomic E-state index is 11.9. The van der Waals surface area contributed by atoms with Crippen molar-refractivity contribution in [3.63, 3.8) is 0 Å². The Hall–Kier alpha value is -2.38. The lowest BCUT2D eigenvalue weighted by molar-refractivity contribution is -0.150. The number of carboxylic acids is 2. The highest BCUT2D eigenvalue weighted by atomic mass is 16.5. The van der Waals surface area contributed by atoms with E-state index < -0.39 is 46.9 Å². The number of carbonyl (C=O) groups is 4. The van der Waals surface area contributed by atoms with Crippen LogP contribution < -0.4 is 0 Å². The van der Waals surface area contributed by atoms with E-state index in [2.05, 4.69) is 0 Å². The molecule has 2 atom stereocenters. The van der Waals surface area contributed by atoms with Crippen molar-refractivity contribution in [1.29, 1.82) is 0 Å². The number of esters is 2. The van der Waals surface area contributed by atoms with Crippen LogP contribution in [0.2, 0.25) is 0 Å². The number of ether oxygens (including phenoxy) is 2. The average molecular weight is 344 g/mol. The maximum Gasteiger partial charge on any atom is 0.333 e. The number of rotatable bonds is 10. The van der Waals surface area contributed by atoms with Gasteiger partial charge in [-0.05, 0) is 26.7 Å². The molecule has 0 radical (unpaired) electrons. The monoisotopic (exact) mass is 344 g/mol. The summed E-state index contributed by atoms with van der Waals surface area (Å²) in [6.07, 6.45) is 1.08. The van der Waals surface area contributed by atoms with Crippen molar-refractivity contribution >= 4 is 23.9 Å². The Kier molecular flexibility index (Phi) is 9.37. The van der Waals surface area contributed by atoms with E-state index in [-0.39, 0.29) is 13.2 Å². The van der Waals surface area contributed by atoms with E-state index in [0.717, 1.165) is 0 Å². The fraction of sp³-hybridized carbons (Fsp3) is 0.625. The van der Waals surface area contributed by atoms with Gasteiger partial charge in [0.05, 0.1) is 36.2 Å². The van der Waals surface area contributed by atoms with Gasteiger partial charge < -0.3 is 19.7 Å². The van der Waals surface area contributed by atoms with Crippen LogP contribution in [0.3, 0.4) is 0 Å². The van der Waals surface area contributed by atoms with Crippen LogP contribution in [0.4, 0.5) is 0 Å². The molecule has 2 N–H and O–H groups in total. The third kappa shape index (κ3) is 6.02. The summed E-state index contributed by atoms with van der Waals surface area (Å²) in [5, 5.41) is 18.7. The van der Waals surface area contributed by atoms with E-state index in [4.69, 9.17) is 9.47 Å². The first-order chi connectivity index (χ1) is 11.2. The van der Waals surface area contributed by atoms with Crippen LogP contribution >= 0.6 is 0 Å². The van der Waals surface area contributed by atoms with Crippen LogP contribution in [0.5, 0.6) is 0 Å². The minimum Gasteiger partial charge on any atom is -0.478 e. The van der Waals surface area contributed by atoms with Crippen LogP contribution in [0.1, 0.15) is 40.5 Å². The molecule has 0 amide bonds. The second kappa shape index (κ2) is 10.4. The number of hydrogen-bond donors (Lipinski definition) is 2. The van der Waals surface area contributed by atoms with Gasteiger partial charge in [-0.3, -0.25) is 9.59 Å². The molecule has 0 heterocycles. The van der Waals surface area contributed by atoms with Gasteiger partial charge in [-0.25, -0.2) is 9.59 Å². The Balaban J connectivity index is 5.82. The minimum atomic E-state index is -1.59. The minimum absolute atomic E-state index is 0.0899. The molecule has 0 fully saturated rings. The van der Waals surface area contributed by atoms with Gasteiger partial charge in [0.2, 0.25) is 0 Å². The van der Waals surface area contributed by atoms with Crippen molar-refractivity contribution in [1.82, 2.24) is 0 Å². The number of hydrogen-bond acceptors (Lipinski definition) is 6. The Morgan fingerprint density at radius 1 is 0.750 bits per heavy atom. The predicted molar refractivity (Wildman–Crippen MR) is 83.1 cm³/mol. The van der Waals surface area contributed by atoms with Gasteiger partial charge >= 0.3 is 23.9 Å². The molecule has 24 heavy (non-hydrogen) atoms. The molecular weight excluding hydrogens is 320 g/mol. The van der Waals surface area contributed by atoms with Gasteiger partial charge in [-0.2, -0.15) is 0 Å². The van der Waals surface area contributed by atoms with Gasteiger partial charge in [0.15, 0.2) is 0 Å². The first kappa shape index (κ1) is 21.6. The predicted octanol–water partition coefficient (Wildman–Crippen LogP) is 1.63. The molecule has 0 aromatic heterocycles. The van der Waals surface area contributed by atoms with Crippen molar-refractivity contribution in [3.05, 3.63) is 11.1 Å². The maximum atomic E-state index is 11.9. The molecule has 136 valence electrons. The van der Waals surface area contributed by atoms with Crippen LogP contribution in [0, 0.1) is 11.8 Å². The second-order valence-corrected chi connectivity index (χ2v) is 5.22. The molecule has 0 aromatic rings. The summed E-state index contributed by atoms with van der Waals surface area (Å²) in [5.41, 5.74) is -1.35. The average Bonchev–Trinajstić information content (AvgIpc) is 2.52. The third-order valence-corrected chi connectivity index (χ3v) is 3.22. The van der Waals surface area contributed by atoms with Crippen molar-refractivity contribution in [2.45, 2.75) is 40.5 Å². The van der Waals surface area contributed by atoms with Crippen LogP contribution in [-0.2, 0) is 28.7 Å². The van der Waals surface area contributed by atoms with Crippen LogP contribution in [0.25, 0.3) is 0 Å². The van der Waals surface area contributed by atoms with Crippen LogP contribution in [0.15, 0.2) is 11.1 Å². The zero-order chi connectivity index (χ0) is 18.9. The Labute approximate surface area is 140 Å². The summed E-state index contributed by atoms with van der Waals surface area (Å²) in [4.78, 5) is 46.9. The summed E-state index contributed by atoms with van der Waals surface area (Å²) in [7, 11) is 0. The fourth-order valence-corrected chi connectivity index (χ4v) is 1.96. The normalized spacial score (nSPS) is 14.2. The second-order valence-electron chi connectivity index (χ2n) is 5.22. The largest absolute Gasteiger partial charge is 0.478 e. The van der Waals surface area contributed by atoms with E-state index in [1.165, 1.54) is 13.8 Å². The van der Waals surface area contributed by atoms with E-state index >= 15 is 0 Å². The van der Waals surface area contributed by atoms with E-state index in [0.29, 0.717) is 12.8 Å². The zero-order valence-electron chi connectivity index (χ0n) is 14.3. The standard InChI is InChI=1S/C16H24O8/c1-5-7-23-15(21)9(3)11(13(17)18)12(14(19)20)10(4)16(22)24-8-6-2/h9-10H,5-8H2,1-4H3,(H,17,18)(H,19,20). The van der Waals surface area contributed by atoms with Crippen molar-refractivity contribution in [2.75, 3.05) is 13.2 Å². The first-order valence-corrected chi connectivity index (χ1v) is 7.72. The SMILES string of the molecule is CCCOC(=O)C(C)C(C(=O)O)=C(C(=O)O)C(C)C(=O)OCCC. The number of carbonyl (C=O) groups excluding carboxylic acids is 2. The van der Waals surface area contributed by atoms with Gasteiger partial charge in [0.25, 0.3) is 0 Å². The quantitative estimate of drug-likeness (QED) is 0.452. The summed E-state index contributed by atoms with van der Waals surface area (Å²) in [6, 6.07) is 0. The molecule has 0 aliphatic rings. The topological polar surface area (TPSA) is 127 Å². The van der Waals surface area contributed by atoms with E-state index in [9.17, 15) is 29.4 Å². The third-order valence-electron chi connectivity index (χ3n) is 3.22. The molecule has 0 bridgehead atoms. The molecule has 0 aromatic carbocycles. The lowest BCUT2D eigenvalue weighted by Crippen LogP contribution is -2.30. The Bertz CT molecular complexity index is 474. The molecule has 0 rings (SSSR count). The summed E-state index contributed by atoms with van der Waals surface area (Å²) >= 11 is 0. The molecule has 0 saturated heterocycles. The molecule has 0 aliphatic heterocycles. The zero-order valence-corrected chi connectivity index (χ0v) is 14.3. The lowest BCUT2D eigenvalue weighted by atomic mass is 9.88. The van der Waals surface area contributed by atoms with Crippen LogP contribution in [-0.4, -0.2) is 47.3 Å². The molecule has 0 spiro atoms. The van der Waals surface area contributed by atoms with Gasteiger partial charge in [-0.15, -0.1) is 0 Å². The molecule has 8 nitrogen and oxygen atoms in total. The number of carboxylic acid groups (broad SMARTS) is 2. The van der Waals surface area contributed by atoms with E-state index in [1.807, 2.05) is 0 Å². The smallest absolute Gasteiger partial charge is 0.333 e. The highest BCUT2D eigenvalue weighted by Crippen LogP contribution is 2.25.